The maximum absolute atomic E-state index is 12.1. The number of halogens is 1. The van der Waals surface area contributed by atoms with E-state index in [1.807, 2.05) is 49.4 Å². The van der Waals surface area contributed by atoms with Crippen LogP contribution in [0.15, 0.2) is 53.4 Å². The van der Waals surface area contributed by atoms with Gasteiger partial charge in [0.15, 0.2) is 0 Å². The minimum absolute atomic E-state index is 0.0239. The Labute approximate surface area is 151 Å². The molecule has 4 nitrogen and oxygen atoms in total. The molecule has 0 saturated carbocycles. The van der Waals surface area contributed by atoms with Crippen molar-refractivity contribution in [3.8, 4) is 11.5 Å². The van der Waals surface area contributed by atoms with Crippen molar-refractivity contribution in [1.29, 1.82) is 0 Å². The molecular formula is C18H20ClNO3S. The monoisotopic (exact) mass is 365 g/mol. The van der Waals surface area contributed by atoms with E-state index in [2.05, 4.69) is 5.32 Å². The summed E-state index contributed by atoms with van der Waals surface area (Å²) in [6, 6.07) is 14.8. The Balaban J connectivity index is 1.71. The van der Waals surface area contributed by atoms with Gasteiger partial charge < -0.3 is 14.8 Å². The molecule has 0 heterocycles. The molecule has 0 fully saturated rings. The molecule has 0 aliphatic carbocycles. The van der Waals surface area contributed by atoms with E-state index in [9.17, 15) is 4.79 Å². The van der Waals surface area contributed by atoms with Crippen LogP contribution in [0.3, 0.4) is 0 Å². The van der Waals surface area contributed by atoms with Gasteiger partial charge in [-0.2, -0.15) is 0 Å². The third-order valence-corrected chi connectivity index (χ3v) is 4.57. The van der Waals surface area contributed by atoms with Crippen LogP contribution < -0.4 is 14.8 Å². The highest BCUT2D eigenvalue weighted by atomic mass is 35.5. The molecule has 0 spiro atoms. The van der Waals surface area contributed by atoms with Gasteiger partial charge in [0, 0.05) is 16.0 Å². The lowest BCUT2D eigenvalue weighted by Crippen LogP contribution is -2.33. The average molecular weight is 366 g/mol. The first-order chi connectivity index (χ1) is 11.6. The number of rotatable bonds is 8. The number of amides is 1. The van der Waals surface area contributed by atoms with Crippen molar-refractivity contribution < 1.29 is 14.3 Å². The summed E-state index contributed by atoms with van der Waals surface area (Å²) in [7, 11) is 1.61. The molecule has 0 aromatic heterocycles. The Kier molecular flexibility index (Phi) is 7.28. The van der Waals surface area contributed by atoms with E-state index < -0.39 is 0 Å². The van der Waals surface area contributed by atoms with E-state index in [-0.39, 0.29) is 11.2 Å². The quantitative estimate of drug-likeness (QED) is 0.567. The number of carbonyl (C=O) groups excluding carboxylic acids is 1. The lowest BCUT2D eigenvalue weighted by molar-refractivity contribution is -0.120. The minimum atomic E-state index is -0.192. The fourth-order valence-electron chi connectivity index (χ4n) is 1.95. The molecule has 1 amide bonds. The molecule has 0 aliphatic rings. The van der Waals surface area contributed by atoms with Crippen LogP contribution in [-0.2, 0) is 4.79 Å². The second kappa shape index (κ2) is 9.45. The first kappa shape index (κ1) is 18.5. The van der Waals surface area contributed by atoms with E-state index in [1.54, 1.807) is 13.2 Å². The number of methoxy groups -OCH3 is 1. The maximum atomic E-state index is 12.1. The van der Waals surface area contributed by atoms with Crippen LogP contribution in [-0.4, -0.2) is 31.4 Å². The number of hydrogen-bond acceptors (Lipinski definition) is 4. The van der Waals surface area contributed by atoms with Crippen molar-refractivity contribution >= 4 is 29.3 Å². The number of ether oxygens (including phenoxy) is 2. The SMILES string of the molecule is COc1cccc(OCCNC(=O)[C@@H](C)Sc2ccc(Cl)cc2)c1. The number of hydrogen-bond donors (Lipinski definition) is 1. The normalized spacial score (nSPS) is 11.6. The van der Waals surface area contributed by atoms with Crippen LogP contribution in [0.5, 0.6) is 11.5 Å². The van der Waals surface area contributed by atoms with Gasteiger partial charge in [0.05, 0.1) is 18.9 Å². The Morgan fingerprint density at radius 1 is 1.21 bits per heavy atom. The van der Waals surface area contributed by atoms with Gasteiger partial charge in [0.2, 0.25) is 5.91 Å². The second-order valence-electron chi connectivity index (χ2n) is 5.03. The Bertz CT molecular complexity index is 664. The zero-order chi connectivity index (χ0) is 17.4. The highest BCUT2D eigenvalue weighted by Crippen LogP contribution is 2.24. The van der Waals surface area contributed by atoms with Crippen LogP contribution in [0.25, 0.3) is 0 Å². The summed E-state index contributed by atoms with van der Waals surface area (Å²) < 4.78 is 10.7. The van der Waals surface area contributed by atoms with Crippen LogP contribution in [0, 0.1) is 0 Å². The van der Waals surface area contributed by atoms with Gasteiger partial charge in [-0.3, -0.25) is 4.79 Å². The first-order valence-electron chi connectivity index (χ1n) is 7.55. The number of benzene rings is 2. The van der Waals surface area contributed by atoms with Gasteiger partial charge in [-0.1, -0.05) is 17.7 Å². The highest BCUT2D eigenvalue weighted by molar-refractivity contribution is 8.00. The van der Waals surface area contributed by atoms with Crippen molar-refractivity contribution in [1.82, 2.24) is 5.32 Å². The predicted molar refractivity (Wildman–Crippen MR) is 98.3 cm³/mol. The van der Waals surface area contributed by atoms with E-state index >= 15 is 0 Å². The van der Waals surface area contributed by atoms with Gasteiger partial charge in [0.1, 0.15) is 18.1 Å². The first-order valence-corrected chi connectivity index (χ1v) is 8.81. The molecule has 0 unspecified atom stereocenters. The Morgan fingerprint density at radius 2 is 1.92 bits per heavy atom. The zero-order valence-electron chi connectivity index (χ0n) is 13.6. The van der Waals surface area contributed by atoms with Crippen LogP contribution in [0.2, 0.25) is 5.02 Å². The third kappa shape index (κ3) is 5.98. The summed E-state index contributed by atoms with van der Waals surface area (Å²) in [5.41, 5.74) is 0. The minimum Gasteiger partial charge on any atom is -0.497 e. The lowest BCUT2D eigenvalue weighted by Gasteiger charge is -2.13. The van der Waals surface area contributed by atoms with Crippen molar-refractivity contribution in [3.63, 3.8) is 0 Å². The van der Waals surface area contributed by atoms with Crippen molar-refractivity contribution in [3.05, 3.63) is 53.6 Å². The fourth-order valence-corrected chi connectivity index (χ4v) is 2.97. The van der Waals surface area contributed by atoms with Gasteiger partial charge >= 0.3 is 0 Å². The molecular weight excluding hydrogens is 346 g/mol. The molecule has 128 valence electrons. The molecule has 2 rings (SSSR count). The van der Waals surface area contributed by atoms with Gasteiger partial charge in [0.25, 0.3) is 0 Å². The molecule has 0 bridgehead atoms. The summed E-state index contributed by atoms with van der Waals surface area (Å²) in [6.45, 7) is 2.72. The summed E-state index contributed by atoms with van der Waals surface area (Å²) >= 11 is 7.35. The molecule has 24 heavy (non-hydrogen) atoms. The molecule has 0 radical (unpaired) electrons. The smallest absolute Gasteiger partial charge is 0.233 e. The van der Waals surface area contributed by atoms with E-state index in [0.717, 1.165) is 10.6 Å². The van der Waals surface area contributed by atoms with E-state index in [1.165, 1.54) is 11.8 Å². The van der Waals surface area contributed by atoms with Gasteiger partial charge in [-0.15, -0.1) is 11.8 Å². The molecule has 2 aromatic carbocycles. The topological polar surface area (TPSA) is 47.6 Å². The summed E-state index contributed by atoms with van der Waals surface area (Å²) in [5, 5.41) is 3.37. The van der Waals surface area contributed by atoms with Gasteiger partial charge in [-0.05, 0) is 43.3 Å². The molecule has 6 heteroatoms. The fraction of sp³-hybridized carbons (Fsp3) is 0.278. The summed E-state index contributed by atoms with van der Waals surface area (Å²) in [6.07, 6.45) is 0. The largest absolute Gasteiger partial charge is 0.497 e. The lowest BCUT2D eigenvalue weighted by atomic mass is 10.3. The second-order valence-corrected chi connectivity index (χ2v) is 6.88. The van der Waals surface area contributed by atoms with Gasteiger partial charge in [-0.25, -0.2) is 0 Å². The Morgan fingerprint density at radius 3 is 2.62 bits per heavy atom. The van der Waals surface area contributed by atoms with E-state index in [4.69, 9.17) is 21.1 Å². The number of carbonyl (C=O) groups is 1. The zero-order valence-corrected chi connectivity index (χ0v) is 15.2. The molecule has 0 aliphatic heterocycles. The predicted octanol–water partition coefficient (Wildman–Crippen LogP) is 4.02. The van der Waals surface area contributed by atoms with E-state index in [0.29, 0.717) is 23.9 Å². The summed E-state index contributed by atoms with van der Waals surface area (Å²) in [5.74, 6) is 1.43. The number of thioether (sulfide) groups is 1. The standard InChI is InChI=1S/C18H20ClNO3S/c1-13(24-17-8-6-14(19)7-9-17)18(21)20-10-11-23-16-5-3-4-15(12-16)22-2/h3-9,12-13H,10-11H2,1-2H3,(H,20,21)/t13-/m1/s1. The molecule has 2 aromatic rings. The van der Waals surface area contributed by atoms with Crippen LogP contribution in [0.4, 0.5) is 0 Å². The van der Waals surface area contributed by atoms with Crippen molar-refractivity contribution in [2.75, 3.05) is 20.3 Å². The third-order valence-electron chi connectivity index (χ3n) is 3.21. The van der Waals surface area contributed by atoms with Crippen molar-refractivity contribution in [2.45, 2.75) is 17.1 Å². The maximum Gasteiger partial charge on any atom is 0.233 e. The van der Waals surface area contributed by atoms with Crippen molar-refractivity contribution in [2.24, 2.45) is 0 Å². The Hall–Kier alpha value is -1.85. The number of nitrogens with one attached hydrogen (secondary N) is 1. The molecule has 1 atom stereocenters. The molecule has 1 N–H and O–H groups in total. The van der Waals surface area contributed by atoms with Crippen LogP contribution >= 0.6 is 23.4 Å². The highest BCUT2D eigenvalue weighted by Gasteiger charge is 2.13. The van der Waals surface area contributed by atoms with Crippen LogP contribution in [0.1, 0.15) is 6.92 Å². The summed E-state index contributed by atoms with van der Waals surface area (Å²) in [4.78, 5) is 13.1. The molecule has 0 saturated heterocycles. The average Bonchev–Trinajstić information content (AvgIpc) is 2.60.